The fourth-order valence-corrected chi connectivity index (χ4v) is 4.88. The van der Waals surface area contributed by atoms with Gasteiger partial charge >= 0.3 is 0 Å². The van der Waals surface area contributed by atoms with Crippen molar-refractivity contribution in [3.63, 3.8) is 0 Å². The second-order valence-electron chi connectivity index (χ2n) is 9.20. The molecule has 1 aliphatic rings. The lowest BCUT2D eigenvalue weighted by atomic mass is 9.91. The molecule has 1 aliphatic carbocycles. The summed E-state index contributed by atoms with van der Waals surface area (Å²) in [6.45, 7) is 8.73. The number of nitriles is 1. The first-order chi connectivity index (χ1) is 14.4. The summed E-state index contributed by atoms with van der Waals surface area (Å²) in [6, 6.07) is 13.5. The number of carbonyl (C=O) groups is 1. The van der Waals surface area contributed by atoms with E-state index in [2.05, 4.69) is 67.9 Å². The van der Waals surface area contributed by atoms with Crippen molar-refractivity contribution < 1.29 is 4.79 Å². The zero-order valence-corrected chi connectivity index (χ0v) is 18.5. The van der Waals surface area contributed by atoms with Crippen molar-refractivity contribution in [2.45, 2.75) is 65.8 Å². The molecule has 0 unspecified atom stereocenters. The molecule has 1 saturated carbocycles. The Bertz CT molecular complexity index is 1150. The van der Waals surface area contributed by atoms with Crippen LogP contribution < -0.4 is 0 Å². The molecular weight excluding hydrogens is 368 g/mol. The zero-order chi connectivity index (χ0) is 21.4. The minimum atomic E-state index is 0.338. The Morgan fingerprint density at radius 3 is 2.53 bits per heavy atom. The monoisotopic (exact) mass is 398 g/mol. The molecule has 2 aromatic carbocycles. The number of benzene rings is 2. The number of nitrogens with zero attached hydrogens (tertiary/aromatic N) is 2. The predicted octanol–water partition coefficient (Wildman–Crippen LogP) is 6.68. The van der Waals surface area contributed by atoms with E-state index in [4.69, 9.17) is 0 Å². The molecule has 3 aromatic rings. The summed E-state index contributed by atoms with van der Waals surface area (Å²) < 4.78 is 2.37. The SMILES string of the molecule is Cc1cc2c(cc1C#N)c(-c1cccc(CC(C)C)c1C)cn2C1CCC(=O)CC1. The molecule has 1 fully saturated rings. The summed E-state index contributed by atoms with van der Waals surface area (Å²) in [7, 11) is 0. The topological polar surface area (TPSA) is 45.8 Å². The highest BCUT2D eigenvalue weighted by atomic mass is 16.1. The number of aromatic nitrogens is 1. The first-order valence-corrected chi connectivity index (χ1v) is 11.0. The molecule has 0 radical (unpaired) electrons. The summed E-state index contributed by atoms with van der Waals surface area (Å²) in [4.78, 5) is 11.8. The normalized spacial score (nSPS) is 15.1. The number of carbonyl (C=O) groups excluding carboxylic acids is 1. The van der Waals surface area contributed by atoms with Crippen LogP contribution >= 0.6 is 0 Å². The quantitative estimate of drug-likeness (QED) is 0.492. The van der Waals surface area contributed by atoms with Crippen LogP contribution in [0.5, 0.6) is 0 Å². The Morgan fingerprint density at radius 2 is 1.87 bits per heavy atom. The standard InChI is InChI=1S/C27H30N2O/c1-17(2)12-20-6-5-7-24(19(20)4)26-16-29(22-8-10-23(30)11-9-22)27-13-18(3)21(15-28)14-25(26)27/h5-7,13-14,16-17,22H,8-12H2,1-4H3. The predicted molar refractivity (Wildman–Crippen MR) is 123 cm³/mol. The van der Waals surface area contributed by atoms with Gasteiger partial charge in [0.15, 0.2) is 0 Å². The van der Waals surface area contributed by atoms with Crippen molar-refractivity contribution in [2.24, 2.45) is 5.92 Å². The number of fused-ring (bicyclic) bond motifs is 1. The van der Waals surface area contributed by atoms with Gasteiger partial charge in [-0.2, -0.15) is 5.26 Å². The van der Waals surface area contributed by atoms with Crippen molar-refractivity contribution in [3.05, 3.63) is 58.8 Å². The summed E-state index contributed by atoms with van der Waals surface area (Å²) in [5.41, 5.74) is 8.07. The van der Waals surface area contributed by atoms with E-state index in [1.807, 2.05) is 6.92 Å². The molecule has 3 nitrogen and oxygen atoms in total. The molecule has 0 amide bonds. The number of aryl methyl sites for hydroxylation is 1. The maximum Gasteiger partial charge on any atom is 0.133 e. The molecule has 3 heteroatoms. The first-order valence-electron chi connectivity index (χ1n) is 11.0. The summed E-state index contributed by atoms with van der Waals surface area (Å²) in [5, 5.41) is 10.8. The van der Waals surface area contributed by atoms with Gasteiger partial charge in [-0.25, -0.2) is 0 Å². The maximum atomic E-state index is 11.8. The van der Waals surface area contributed by atoms with Crippen LogP contribution in [0.2, 0.25) is 0 Å². The lowest BCUT2D eigenvalue weighted by molar-refractivity contribution is -0.120. The van der Waals surface area contributed by atoms with Crippen molar-refractivity contribution >= 4 is 16.7 Å². The third kappa shape index (κ3) is 3.67. The Balaban J connectivity index is 1.92. The maximum absolute atomic E-state index is 11.8. The zero-order valence-electron chi connectivity index (χ0n) is 18.5. The molecule has 0 bridgehead atoms. The van der Waals surface area contributed by atoms with Gasteiger partial charge in [-0.3, -0.25) is 4.79 Å². The van der Waals surface area contributed by atoms with Crippen molar-refractivity contribution in [2.75, 3.05) is 0 Å². The van der Waals surface area contributed by atoms with Gasteiger partial charge in [-0.1, -0.05) is 32.0 Å². The van der Waals surface area contributed by atoms with E-state index >= 15 is 0 Å². The number of Topliss-reactive ketones (excluding diaryl/α,β-unsaturated/α-hetero) is 1. The van der Waals surface area contributed by atoms with Crippen molar-refractivity contribution in [1.82, 2.24) is 4.57 Å². The van der Waals surface area contributed by atoms with Gasteiger partial charge in [0.2, 0.25) is 0 Å². The molecule has 0 atom stereocenters. The molecule has 154 valence electrons. The third-order valence-corrected chi connectivity index (χ3v) is 6.57. The van der Waals surface area contributed by atoms with E-state index in [1.54, 1.807) is 0 Å². The molecule has 30 heavy (non-hydrogen) atoms. The Morgan fingerprint density at radius 1 is 1.13 bits per heavy atom. The highest BCUT2D eigenvalue weighted by Crippen LogP contribution is 2.39. The van der Waals surface area contributed by atoms with Crippen LogP contribution in [0, 0.1) is 31.1 Å². The average Bonchev–Trinajstić information content (AvgIpc) is 3.07. The molecule has 0 N–H and O–H groups in total. The second kappa shape index (κ2) is 8.11. The number of ketones is 1. The van der Waals surface area contributed by atoms with E-state index in [0.717, 1.165) is 35.8 Å². The number of hydrogen-bond acceptors (Lipinski definition) is 2. The molecule has 1 heterocycles. The van der Waals surface area contributed by atoms with Gasteiger partial charge in [0.25, 0.3) is 0 Å². The third-order valence-electron chi connectivity index (χ3n) is 6.57. The van der Waals surface area contributed by atoms with Crippen molar-refractivity contribution in [3.8, 4) is 17.2 Å². The fraction of sp³-hybridized carbons (Fsp3) is 0.407. The van der Waals surface area contributed by atoms with Gasteiger partial charge in [-0.05, 0) is 73.4 Å². The van der Waals surface area contributed by atoms with E-state index in [-0.39, 0.29) is 0 Å². The van der Waals surface area contributed by atoms with Crippen LogP contribution in [0.15, 0.2) is 36.5 Å². The first kappa shape index (κ1) is 20.4. The summed E-state index contributed by atoms with van der Waals surface area (Å²) >= 11 is 0. The van der Waals surface area contributed by atoms with Crippen LogP contribution in [0.4, 0.5) is 0 Å². The molecule has 0 aliphatic heterocycles. The smallest absolute Gasteiger partial charge is 0.133 e. The van der Waals surface area contributed by atoms with Crippen LogP contribution in [0.1, 0.15) is 67.8 Å². The highest BCUT2D eigenvalue weighted by molar-refractivity contribution is 5.98. The molecular formula is C27H30N2O. The molecule has 0 saturated heterocycles. The lowest BCUT2D eigenvalue weighted by Gasteiger charge is -2.23. The van der Waals surface area contributed by atoms with Gasteiger partial charge in [-0.15, -0.1) is 0 Å². The second-order valence-corrected chi connectivity index (χ2v) is 9.20. The average molecular weight is 399 g/mol. The summed E-state index contributed by atoms with van der Waals surface area (Å²) in [5.74, 6) is 0.982. The Hall–Kier alpha value is -2.86. The summed E-state index contributed by atoms with van der Waals surface area (Å²) in [6.07, 6.45) is 6.45. The van der Waals surface area contributed by atoms with Gasteiger partial charge in [0.1, 0.15) is 5.78 Å². The minimum Gasteiger partial charge on any atom is -0.344 e. The molecule has 0 spiro atoms. The van der Waals surface area contributed by atoms with Crippen LogP contribution in [0.3, 0.4) is 0 Å². The number of hydrogen-bond donors (Lipinski definition) is 0. The van der Waals surface area contributed by atoms with Crippen LogP contribution in [0.25, 0.3) is 22.0 Å². The van der Waals surface area contributed by atoms with Gasteiger partial charge < -0.3 is 4.57 Å². The fourth-order valence-electron chi connectivity index (χ4n) is 4.88. The largest absolute Gasteiger partial charge is 0.344 e. The lowest BCUT2D eigenvalue weighted by Crippen LogP contribution is -2.17. The number of rotatable bonds is 4. The van der Waals surface area contributed by atoms with Gasteiger partial charge in [0, 0.05) is 41.5 Å². The highest BCUT2D eigenvalue weighted by Gasteiger charge is 2.24. The van der Waals surface area contributed by atoms with E-state index in [1.165, 1.54) is 27.8 Å². The van der Waals surface area contributed by atoms with Crippen LogP contribution in [-0.2, 0) is 11.2 Å². The van der Waals surface area contributed by atoms with Gasteiger partial charge in [0.05, 0.1) is 11.6 Å². The van der Waals surface area contributed by atoms with Crippen molar-refractivity contribution in [1.29, 1.82) is 5.26 Å². The van der Waals surface area contributed by atoms with E-state index < -0.39 is 0 Å². The Kier molecular flexibility index (Phi) is 5.52. The van der Waals surface area contributed by atoms with Crippen LogP contribution in [-0.4, -0.2) is 10.4 Å². The molecule has 4 rings (SSSR count). The molecule has 1 aromatic heterocycles. The van der Waals surface area contributed by atoms with E-state index in [9.17, 15) is 10.1 Å². The van der Waals surface area contributed by atoms with E-state index in [0.29, 0.717) is 30.6 Å². The minimum absolute atomic E-state index is 0.338. The Labute approximate surface area is 179 Å².